The van der Waals surface area contributed by atoms with Gasteiger partial charge in [0.05, 0.1) is 0 Å². The first-order valence-corrected chi connectivity index (χ1v) is 3.64. The van der Waals surface area contributed by atoms with Crippen molar-refractivity contribution in [2.24, 2.45) is 0 Å². The molecule has 1 aliphatic rings. The van der Waals surface area contributed by atoms with Gasteiger partial charge in [-0.2, -0.15) is 0 Å². The standard InChI is InChI=1S/C6H14BN/c1-7-6-2-4-8-5-3-6/h6-8H,2-5H2,1H3. The van der Waals surface area contributed by atoms with E-state index in [0.717, 1.165) is 5.82 Å². The lowest BCUT2D eigenvalue weighted by Gasteiger charge is -2.19. The second kappa shape index (κ2) is 3.13. The van der Waals surface area contributed by atoms with Crippen LogP contribution in [0.2, 0.25) is 12.6 Å². The largest absolute Gasteiger partial charge is 0.317 e. The molecule has 0 atom stereocenters. The number of nitrogens with one attached hydrogen (secondary N) is 1. The monoisotopic (exact) mass is 111 g/mol. The van der Waals surface area contributed by atoms with Gasteiger partial charge in [-0.3, -0.25) is 0 Å². The van der Waals surface area contributed by atoms with E-state index >= 15 is 0 Å². The lowest BCUT2D eigenvalue weighted by molar-refractivity contribution is 0.517. The number of hydrogen-bond donors (Lipinski definition) is 1. The first-order chi connectivity index (χ1) is 3.93. The average Bonchev–Trinajstić information content (AvgIpc) is 1.90. The maximum absolute atomic E-state index is 3.35. The van der Waals surface area contributed by atoms with Crippen molar-refractivity contribution in [2.45, 2.75) is 25.5 Å². The molecule has 0 amide bonds. The number of piperidine rings is 1. The predicted molar refractivity (Wildman–Crippen MR) is 38.9 cm³/mol. The van der Waals surface area contributed by atoms with E-state index in [1.807, 2.05) is 0 Å². The van der Waals surface area contributed by atoms with Crippen LogP contribution >= 0.6 is 0 Å². The SMILES string of the molecule is CBC1CCNCC1. The summed E-state index contributed by atoms with van der Waals surface area (Å²) in [7, 11) is 1.38. The molecule has 0 bridgehead atoms. The van der Waals surface area contributed by atoms with E-state index in [-0.39, 0.29) is 0 Å². The number of rotatable bonds is 1. The van der Waals surface area contributed by atoms with E-state index in [4.69, 9.17) is 0 Å². The van der Waals surface area contributed by atoms with Crippen LogP contribution in [0.15, 0.2) is 0 Å². The van der Waals surface area contributed by atoms with Crippen LogP contribution in [0.4, 0.5) is 0 Å². The van der Waals surface area contributed by atoms with Gasteiger partial charge in [0, 0.05) is 0 Å². The molecule has 2 heteroatoms. The Morgan fingerprint density at radius 1 is 1.38 bits per heavy atom. The Hall–Kier alpha value is 0.0249. The first kappa shape index (κ1) is 6.15. The molecule has 0 unspecified atom stereocenters. The van der Waals surface area contributed by atoms with E-state index in [9.17, 15) is 0 Å². The van der Waals surface area contributed by atoms with Crippen molar-refractivity contribution in [3.05, 3.63) is 0 Å². The summed E-state index contributed by atoms with van der Waals surface area (Å²) < 4.78 is 0. The minimum Gasteiger partial charge on any atom is -0.317 e. The molecule has 0 saturated carbocycles. The zero-order chi connectivity index (χ0) is 5.82. The smallest absolute Gasteiger partial charge is 0.121 e. The van der Waals surface area contributed by atoms with Crippen LogP contribution in [-0.2, 0) is 0 Å². The topological polar surface area (TPSA) is 12.0 Å². The third kappa shape index (κ3) is 1.51. The van der Waals surface area contributed by atoms with Crippen molar-refractivity contribution >= 4 is 7.28 Å². The second-order valence-corrected chi connectivity index (χ2v) is 2.60. The Morgan fingerprint density at radius 2 is 2.00 bits per heavy atom. The van der Waals surface area contributed by atoms with Gasteiger partial charge in [-0.1, -0.05) is 12.6 Å². The third-order valence-electron chi connectivity index (χ3n) is 2.04. The molecule has 0 spiro atoms. The highest BCUT2D eigenvalue weighted by atomic mass is 14.9. The summed E-state index contributed by atoms with van der Waals surface area (Å²) in [4.78, 5) is 0. The summed E-state index contributed by atoms with van der Waals surface area (Å²) in [6.45, 7) is 4.78. The van der Waals surface area contributed by atoms with E-state index < -0.39 is 0 Å². The second-order valence-electron chi connectivity index (χ2n) is 2.60. The van der Waals surface area contributed by atoms with Crippen LogP contribution in [-0.4, -0.2) is 20.4 Å². The van der Waals surface area contributed by atoms with Gasteiger partial charge in [-0.15, -0.1) is 0 Å². The molecule has 1 rings (SSSR count). The molecular formula is C6H14BN. The Labute approximate surface area is 52.1 Å². The van der Waals surface area contributed by atoms with E-state index in [0.29, 0.717) is 0 Å². The lowest BCUT2D eigenvalue weighted by atomic mass is 9.63. The minimum atomic E-state index is 1.02. The Balaban J connectivity index is 2.13. The van der Waals surface area contributed by atoms with Crippen molar-refractivity contribution in [1.29, 1.82) is 0 Å². The van der Waals surface area contributed by atoms with Crippen molar-refractivity contribution in [3.63, 3.8) is 0 Å². The normalized spacial score (nSPS) is 23.1. The zero-order valence-electron chi connectivity index (χ0n) is 5.61. The number of hydrogen-bond acceptors (Lipinski definition) is 1. The van der Waals surface area contributed by atoms with Gasteiger partial charge in [0.1, 0.15) is 7.28 Å². The zero-order valence-corrected chi connectivity index (χ0v) is 5.61. The molecule has 1 saturated heterocycles. The highest BCUT2D eigenvalue weighted by molar-refractivity contribution is 6.35. The van der Waals surface area contributed by atoms with Gasteiger partial charge >= 0.3 is 0 Å². The van der Waals surface area contributed by atoms with Crippen LogP contribution in [0.3, 0.4) is 0 Å². The lowest BCUT2D eigenvalue weighted by Crippen LogP contribution is -2.26. The summed E-state index contributed by atoms with van der Waals surface area (Å²) in [5.41, 5.74) is 0. The predicted octanol–water partition coefficient (Wildman–Crippen LogP) is 0.643. The molecular weight excluding hydrogens is 96.9 g/mol. The van der Waals surface area contributed by atoms with E-state index in [2.05, 4.69) is 12.1 Å². The molecule has 0 aromatic rings. The molecule has 1 N–H and O–H groups in total. The van der Waals surface area contributed by atoms with Gasteiger partial charge in [-0.05, 0) is 25.9 Å². The maximum Gasteiger partial charge on any atom is 0.121 e. The van der Waals surface area contributed by atoms with Crippen LogP contribution in [0.1, 0.15) is 12.8 Å². The van der Waals surface area contributed by atoms with E-state index in [1.165, 1.54) is 33.2 Å². The summed E-state index contributed by atoms with van der Waals surface area (Å²) in [5.74, 6) is 1.02. The molecule has 0 radical (unpaired) electrons. The molecule has 0 aromatic carbocycles. The first-order valence-electron chi connectivity index (χ1n) is 3.64. The summed E-state index contributed by atoms with van der Waals surface area (Å²) in [6.07, 6.45) is 2.80. The molecule has 0 aromatic heterocycles. The maximum atomic E-state index is 3.35. The van der Waals surface area contributed by atoms with E-state index in [1.54, 1.807) is 0 Å². The third-order valence-corrected chi connectivity index (χ3v) is 2.04. The minimum absolute atomic E-state index is 1.02. The summed E-state index contributed by atoms with van der Waals surface area (Å²) in [5, 5.41) is 3.35. The van der Waals surface area contributed by atoms with Gasteiger partial charge in [0.2, 0.25) is 0 Å². The average molecular weight is 111 g/mol. The van der Waals surface area contributed by atoms with Gasteiger partial charge in [-0.25, -0.2) is 0 Å². The Bertz CT molecular complexity index is 59.5. The van der Waals surface area contributed by atoms with Crippen LogP contribution in [0.5, 0.6) is 0 Å². The molecule has 0 aliphatic carbocycles. The molecule has 1 aliphatic heterocycles. The quantitative estimate of drug-likeness (QED) is 0.489. The fraction of sp³-hybridized carbons (Fsp3) is 1.00. The molecule has 46 valence electrons. The van der Waals surface area contributed by atoms with Gasteiger partial charge < -0.3 is 5.32 Å². The fourth-order valence-electron chi connectivity index (χ4n) is 1.29. The van der Waals surface area contributed by atoms with Crippen molar-refractivity contribution < 1.29 is 0 Å². The Morgan fingerprint density at radius 3 is 2.38 bits per heavy atom. The van der Waals surface area contributed by atoms with Crippen molar-refractivity contribution in [1.82, 2.24) is 5.32 Å². The fourth-order valence-corrected chi connectivity index (χ4v) is 1.29. The molecule has 8 heavy (non-hydrogen) atoms. The summed E-state index contributed by atoms with van der Waals surface area (Å²) >= 11 is 0. The van der Waals surface area contributed by atoms with Crippen LogP contribution < -0.4 is 5.32 Å². The molecule has 1 heterocycles. The van der Waals surface area contributed by atoms with Gasteiger partial charge in [0.25, 0.3) is 0 Å². The van der Waals surface area contributed by atoms with Crippen LogP contribution in [0.25, 0.3) is 0 Å². The highest BCUT2D eigenvalue weighted by Gasteiger charge is 2.09. The molecule has 1 fully saturated rings. The van der Waals surface area contributed by atoms with Crippen LogP contribution in [0, 0.1) is 0 Å². The van der Waals surface area contributed by atoms with Crippen molar-refractivity contribution in [3.8, 4) is 0 Å². The highest BCUT2D eigenvalue weighted by Crippen LogP contribution is 2.15. The Kier molecular flexibility index (Phi) is 2.41. The summed E-state index contributed by atoms with van der Waals surface area (Å²) in [6, 6.07) is 0. The van der Waals surface area contributed by atoms with Gasteiger partial charge in [0.15, 0.2) is 0 Å². The molecule has 1 nitrogen and oxygen atoms in total. The van der Waals surface area contributed by atoms with Crippen molar-refractivity contribution in [2.75, 3.05) is 13.1 Å².